The molecule has 2 rings (SSSR count). The third-order valence-electron chi connectivity index (χ3n) is 5.19. The van der Waals surface area contributed by atoms with E-state index < -0.39 is 35.2 Å². The number of benzene rings is 1. The molecule has 33 heavy (non-hydrogen) atoms. The van der Waals surface area contributed by atoms with E-state index in [4.69, 9.17) is 4.74 Å². The molecule has 2 N–H and O–H groups in total. The van der Waals surface area contributed by atoms with Crippen LogP contribution < -0.4 is 10.6 Å². The van der Waals surface area contributed by atoms with Gasteiger partial charge in [0.15, 0.2) is 0 Å². The molecule has 1 aromatic carbocycles. The zero-order valence-electron chi connectivity index (χ0n) is 20.5. The molecule has 0 unspecified atom stereocenters. The van der Waals surface area contributed by atoms with E-state index in [-0.39, 0.29) is 11.8 Å². The van der Waals surface area contributed by atoms with Crippen molar-refractivity contribution >= 4 is 29.6 Å². The number of ether oxygens (including phenoxy) is 2. The van der Waals surface area contributed by atoms with Gasteiger partial charge in [-0.25, -0.2) is 9.59 Å². The Bertz CT molecular complexity index is 883. The van der Waals surface area contributed by atoms with E-state index in [0.717, 1.165) is 0 Å². The largest absolute Gasteiger partial charge is 0.465 e. The van der Waals surface area contributed by atoms with Crippen LogP contribution in [0.3, 0.4) is 0 Å². The maximum Gasteiger partial charge on any atom is 0.408 e. The van der Waals surface area contributed by atoms with Crippen molar-refractivity contribution in [3.8, 4) is 0 Å². The van der Waals surface area contributed by atoms with E-state index in [1.54, 1.807) is 45.0 Å². The van der Waals surface area contributed by atoms with Crippen LogP contribution in [0.2, 0.25) is 0 Å². The highest BCUT2D eigenvalue weighted by molar-refractivity contribution is 5.99. The van der Waals surface area contributed by atoms with E-state index in [0.29, 0.717) is 30.6 Å². The highest BCUT2D eigenvalue weighted by atomic mass is 16.6. The lowest BCUT2D eigenvalue weighted by Gasteiger charge is -2.35. The molecule has 0 bridgehead atoms. The average Bonchev–Trinajstić information content (AvgIpc) is 3.19. The molecule has 1 saturated heterocycles. The van der Waals surface area contributed by atoms with Gasteiger partial charge in [-0.3, -0.25) is 9.59 Å². The van der Waals surface area contributed by atoms with Crippen molar-refractivity contribution in [3.05, 3.63) is 29.8 Å². The number of nitrogens with zero attached hydrogens (tertiary/aromatic N) is 1. The summed E-state index contributed by atoms with van der Waals surface area (Å²) in [6, 6.07) is 4.79. The number of carbonyl (C=O) groups excluding carboxylic acids is 4. The first kappa shape index (κ1) is 26.2. The summed E-state index contributed by atoms with van der Waals surface area (Å²) in [5.41, 5.74) is -0.420. The molecule has 1 heterocycles. The van der Waals surface area contributed by atoms with Crippen LogP contribution in [0.4, 0.5) is 10.5 Å². The van der Waals surface area contributed by atoms with Gasteiger partial charge in [0, 0.05) is 12.2 Å². The molecule has 0 aliphatic carbocycles. The van der Waals surface area contributed by atoms with Crippen molar-refractivity contribution in [2.75, 3.05) is 19.0 Å². The van der Waals surface area contributed by atoms with Gasteiger partial charge in [-0.2, -0.15) is 0 Å². The van der Waals surface area contributed by atoms with Gasteiger partial charge in [0.2, 0.25) is 11.8 Å². The molecule has 1 fully saturated rings. The third-order valence-corrected chi connectivity index (χ3v) is 5.19. The van der Waals surface area contributed by atoms with E-state index >= 15 is 0 Å². The van der Waals surface area contributed by atoms with Crippen molar-refractivity contribution in [3.63, 3.8) is 0 Å². The Morgan fingerprint density at radius 2 is 1.64 bits per heavy atom. The highest BCUT2D eigenvalue weighted by Crippen LogP contribution is 2.27. The molecule has 3 amide bonds. The number of alkyl carbamates (subject to hydrolysis) is 1. The fourth-order valence-electron chi connectivity index (χ4n) is 3.58. The van der Waals surface area contributed by atoms with Crippen LogP contribution in [-0.2, 0) is 19.1 Å². The quantitative estimate of drug-likeness (QED) is 0.650. The van der Waals surface area contributed by atoms with Gasteiger partial charge in [-0.05, 0) is 63.3 Å². The first-order valence-corrected chi connectivity index (χ1v) is 11.0. The SMILES string of the molecule is COC(=O)c1ccc(NC(=O)[C@@H]2CCCN2C(=O)[C@@H](NC(=O)OC(C)(C)C)C(C)(C)C)cc1. The Hall–Kier alpha value is -3.10. The second-order valence-electron chi connectivity index (χ2n) is 10.2. The Morgan fingerprint density at radius 1 is 1.03 bits per heavy atom. The van der Waals surface area contributed by atoms with Crippen LogP contribution in [0.1, 0.15) is 64.7 Å². The summed E-state index contributed by atoms with van der Waals surface area (Å²) >= 11 is 0. The van der Waals surface area contributed by atoms with Crippen LogP contribution in [0.5, 0.6) is 0 Å². The Balaban J connectivity index is 2.13. The predicted octanol–water partition coefficient (Wildman–Crippen LogP) is 3.34. The molecule has 9 nitrogen and oxygen atoms in total. The number of carbonyl (C=O) groups is 4. The second kappa shape index (κ2) is 10.2. The molecule has 0 spiro atoms. The molecular weight excluding hydrogens is 426 g/mol. The highest BCUT2D eigenvalue weighted by Gasteiger charge is 2.42. The van der Waals surface area contributed by atoms with E-state index in [9.17, 15) is 19.2 Å². The van der Waals surface area contributed by atoms with E-state index in [1.165, 1.54) is 12.0 Å². The molecule has 0 aromatic heterocycles. The Kier molecular flexibility index (Phi) is 8.11. The molecule has 1 aliphatic heterocycles. The number of hydrogen-bond acceptors (Lipinski definition) is 6. The van der Waals surface area contributed by atoms with E-state index in [2.05, 4.69) is 15.4 Å². The van der Waals surface area contributed by atoms with Gasteiger partial charge < -0.3 is 25.0 Å². The van der Waals surface area contributed by atoms with Gasteiger partial charge in [0.1, 0.15) is 17.7 Å². The molecule has 182 valence electrons. The maximum atomic E-state index is 13.4. The van der Waals surface area contributed by atoms with Crippen LogP contribution in [-0.4, -0.2) is 60.1 Å². The summed E-state index contributed by atoms with van der Waals surface area (Å²) < 4.78 is 10.0. The van der Waals surface area contributed by atoms with Crippen LogP contribution >= 0.6 is 0 Å². The smallest absolute Gasteiger partial charge is 0.408 e. The number of amides is 3. The fraction of sp³-hybridized carbons (Fsp3) is 0.583. The van der Waals surface area contributed by atoms with Gasteiger partial charge in [0.25, 0.3) is 0 Å². The first-order chi connectivity index (χ1) is 15.2. The predicted molar refractivity (Wildman–Crippen MR) is 124 cm³/mol. The van der Waals surface area contributed by atoms with E-state index in [1.807, 2.05) is 20.8 Å². The van der Waals surface area contributed by atoms with Crippen LogP contribution in [0, 0.1) is 5.41 Å². The molecule has 0 saturated carbocycles. The van der Waals surface area contributed by atoms with Gasteiger partial charge in [-0.15, -0.1) is 0 Å². The normalized spacial score (nSPS) is 17.2. The monoisotopic (exact) mass is 461 g/mol. The van der Waals surface area contributed by atoms with Crippen molar-refractivity contribution in [1.29, 1.82) is 0 Å². The molecule has 1 aromatic rings. The van der Waals surface area contributed by atoms with Crippen molar-refractivity contribution in [1.82, 2.24) is 10.2 Å². The number of likely N-dealkylation sites (tertiary alicyclic amines) is 1. The number of anilines is 1. The average molecular weight is 462 g/mol. The van der Waals surface area contributed by atoms with Crippen LogP contribution in [0.15, 0.2) is 24.3 Å². The number of rotatable bonds is 5. The molecule has 9 heteroatoms. The molecule has 1 aliphatic rings. The first-order valence-electron chi connectivity index (χ1n) is 11.0. The maximum absolute atomic E-state index is 13.4. The zero-order valence-corrected chi connectivity index (χ0v) is 20.5. The number of nitrogens with one attached hydrogen (secondary N) is 2. The van der Waals surface area contributed by atoms with Gasteiger partial charge >= 0.3 is 12.1 Å². The summed E-state index contributed by atoms with van der Waals surface area (Å²) in [6.07, 6.45) is 0.511. The summed E-state index contributed by atoms with van der Waals surface area (Å²) in [6.45, 7) is 11.2. The number of hydrogen-bond donors (Lipinski definition) is 2. The van der Waals surface area contributed by atoms with Gasteiger partial charge in [-0.1, -0.05) is 20.8 Å². The molecule has 0 radical (unpaired) electrons. The number of esters is 1. The topological polar surface area (TPSA) is 114 Å². The third kappa shape index (κ3) is 7.20. The summed E-state index contributed by atoms with van der Waals surface area (Å²) in [5.74, 6) is -1.12. The molecule has 2 atom stereocenters. The lowest BCUT2D eigenvalue weighted by atomic mass is 9.85. The lowest BCUT2D eigenvalue weighted by molar-refractivity contribution is -0.140. The standard InChI is InChI=1S/C24H35N3O6/c1-23(2,3)18(26-22(31)33-24(4,5)6)20(29)27-14-8-9-17(27)19(28)25-16-12-10-15(11-13-16)21(30)32-7/h10-13,17-18H,8-9,14H2,1-7H3,(H,25,28)(H,26,31)/t17-,18+/m0/s1. The lowest BCUT2D eigenvalue weighted by Crippen LogP contribution is -2.57. The molecular formula is C24H35N3O6. The van der Waals surface area contributed by atoms with Crippen molar-refractivity contribution < 1.29 is 28.7 Å². The van der Waals surface area contributed by atoms with Crippen LogP contribution in [0.25, 0.3) is 0 Å². The summed E-state index contributed by atoms with van der Waals surface area (Å²) in [7, 11) is 1.30. The zero-order chi connectivity index (χ0) is 25.0. The van der Waals surface area contributed by atoms with Gasteiger partial charge in [0.05, 0.1) is 12.7 Å². The van der Waals surface area contributed by atoms with Crippen molar-refractivity contribution in [2.24, 2.45) is 5.41 Å². The minimum Gasteiger partial charge on any atom is -0.465 e. The minimum absolute atomic E-state index is 0.323. The summed E-state index contributed by atoms with van der Waals surface area (Å²) in [5, 5.41) is 5.50. The van der Waals surface area contributed by atoms with Crippen molar-refractivity contribution in [2.45, 2.75) is 72.1 Å². The summed E-state index contributed by atoms with van der Waals surface area (Å²) in [4.78, 5) is 51.9. The Morgan fingerprint density at radius 3 is 2.15 bits per heavy atom. The Labute approximate surface area is 195 Å². The minimum atomic E-state index is -0.861. The fourth-order valence-corrected chi connectivity index (χ4v) is 3.58. The number of methoxy groups -OCH3 is 1. The second-order valence-corrected chi connectivity index (χ2v) is 10.2.